The minimum absolute atomic E-state index is 0.0346. The number of carbonyl (C=O) groups is 1. The van der Waals surface area contributed by atoms with Gasteiger partial charge in [-0.2, -0.15) is 5.10 Å². The van der Waals surface area contributed by atoms with Crippen LogP contribution in [0.3, 0.4) is 0 Å². The zero-order chi connectivity index (χ0) is 20.4. The highest BCUT2D eigenvalue weighted by molar-refractivity contribution is 8.01. The fraction of sp³-hybridized carbons (Fsp3) is 0.238. The molecule has 1 atom stereocenters. The Morgan fingerprint density at radius 2 is 1.97 bits per heavy atom. The number of aromatic nitrogens is 4. The zero-order valence-corrected chi connectivity index (χ0v) is 18.0. The molecule has 0 fully saturated rings. The van der Waals surface area contributed by atoms with E-state index in [4.69, 9.17) is 0 Å². The molecule has 29 heavy (non-hydrogen) atoms. The molecule has 2 aromatic carbocycles. The molecule has 0 aliphatic rings. The summed E-state index contributed by atoms with van der Waals surface area (Å²) in [6.07, 6.45) is 1.84. The van der Waals surface area contributed by atoms with Gasteiger partial charge in [0.25, 0.3) is 0 Å². The maximum atomic E-state index is 12.4. The highest BCUT2D eigenvalue weighted by atomic mass is 32.2. The number of nitrogens with one attached hydrogen (secondary N) is 1. The van der Waals surface area contributed by atoms with Gasteiger partial charge in [-0.25, -0.2) is 4.68 Å². The number of amides is 1. The summed E-state index contributed by atoms with van der Waals surface area (Å²) in [4.78, 5) is 12.4. The Balaban J connectivity index is 1.49. The second kappa shape index (κ2) is 8.34. The van der Waals surface area contributed by atoms with E-state index >= 15 is 0 Å². The molecule has 0 radical (unpaired) electrons. The molecule has 1 unspecified atom stereocenters. The summed E-state index contributed by atoms with van der Waals surface area (Å²) in [6.45, 7) is 5.92. The van der Waals surface area contributed by atoms with Gasteiger partial charge < -0.3 is 5.32 Å². The lowest BCUT2D eigenvalue weighted by Crippen LogP contribution is -2.28. The van der Waals surface area contributed by atoms with Crippen LogP contribution >= 0.6 is 23.1 Å². The van der Waals surface area contributed by atoms with Crippen LogP contribution in [-0.2, 0) is 4.79 Å². The topological polar surface area (TPSA) is 72.7 Å². The first kappa shape index (κ1) is 19.6. The SMILES string of the molecule is Cc1nnc(SCC(=O)NC(C)c2cnn(-c3cccc4ccccc34)c2C)s1. The summed E-state index contributed by atoms with van der Waals surface area (Å²) in [5, 5.41) is 18.9. The first-order chi connectivity index (χ1) is 14.0. The van der Waals surface area contributed by atoms with Crippen LogP contribution in [0.4, 0.5) is 0 Å². The van der Waals surface area contributed by atoms with E-state index < -0.39 is 0 Å². The van der Waals surface area contributed by atoms with Crippen LogP contribution in [0.25, 0.3) is 16.5 Å². The van der Waals surface area contributed by atoms with Gasteiger partial charge in [0.15, 0.2) is 4.34 Å². The van der Waals surface area contributed by atoms with Gasteiger partial charge >= 0.3 is 0 Å². The molecule has 148 valence electrons. The fourth-order valence-electron chi connectivity index (χ4n) is 3.31. The second-order valence-electron chi connectivity index (χ2n) is 6.76. The Hall–Kier alpha value is -2.71. The number of hydrogen-bond donors (Lipinski definition) is 1. The lowest BCUT2D eigenvalue weighted by atomic mass is 10.1. The molecule has 0 bridgehead atoms. The van der Waals surface area contributed by atoms with E-state index in [1.54, 1.807) is 0 Å². The Bertz CT molecular complexity index is 1160. The van der Waals surface area contributed by atoms with Crippen molar-refractivity contribution in [3.05, 3.63) is 64.9 Å². The van der Waals surface area contributed by atoms with E-state index in [1.165, 1.54) is 28.5 Å². The van der Waals surface area contributed by atoms with Gasteiger partial charge in [-0.05, 0) is 32.2 Å². The van der Waals surface area contributed by atoms with Gasteiger partial charge in [-0.1, -0.05) is 59.5 Å². The third-order valence-electron chi connectivity index (χ3n) is 4.72. The van der Waals surface area contributed by atoms with Gasteiger partial charge in [-0.15, -0.1) is 10.2 Å². The van der Waals surface area contributed by atoms with Gasteiger partial charge in [0.2, 0.25) is 5.91 Å². The van der Waals surface area contributed by atoms with Crippen LogP contribution in [0, 0.1) is 13.8 Å². The number of hydrogen-bond acceptors (Lipinski definition) is 6. The molecule has 0 aliphatic carbocycles. The quantitative estimate of drug-likeness (QED) is 0.464. The van der Waals surface area contributed by atoms with Crippen molar-refractivity contribution in [2.75, 3.05) is 5.75 Å². The standard InChI is InChI=1S/C21H21N5OS2/c1-13(23-20(27)12-28-21-25-24-15(3)29-21)18-11-22-26(14(18)2)19-10-6-8-16-7-4-5-9-17(16)19/h4-11,13H,12H2,1-3H3,(H,23,27). The normalized spacial score (nSPS) is 12.2. The smallest absolute Gasteiger partial charge is 0.230 e. The average molecular weight is 424 g/mol. The monoisotopic (exact) mass is 423 g/mol. The van der Waals surface area contributed by atoms with Crippen molar-refractivity contribution in [1.29, 1.82) is 0 Å². The first-order valence-corrected chi connectivity index (χ1v) is 11.1. The van der Waals surface area contributed by atoms with Crippen molar-refractivity contribution in [2.24, 2.45) is 0 Å². The van der Waals surface area contributed by atoms with Crippen LogP contribution < -0.4 is 5.32 Å². The predicted molar refractivity (Wildman–Crippen MR) is 118 cm³/mol. The van der Waals surface area contributed by atoms with Gasteiger partial charge in [0.05, 0.1) is 23.7 Å². The summed E-state index contributed by atoms with van der Waals surface area (Å²) >= 11 is 2.90. The molecule has 0 saturated carbocycles. The lowest BCUT2D eigenvalue weighted by molar-refractivity contribution is -0.119. The minimum Gasteiger partial charge on any atom is -0.349 e. The summed E-state index contributed by atoms with van der Waals surface area (Å²) in [6, 6.07) is 14.3. The molecule has 4 aromatic rings. The first-order valence-electron chi connectivity index (χ1n) is 9.28. The van der Waals surface area contributed by atoms with Gasteiger partial charge in [0.1, 0.15) is 5.01 Å². The molecule has 4 rings (SSSR count). The van der Waals surface area contributed by atoms with Crippen LogP contribution in [0.15, 0.2) is 53.0 Å². The van der Waals surface area contributed by atoms with Crippen LogP contribution in [-0.4, -0.2) is 31.6 Å². The molecule has 1 N–H and O–H groups in total. The van der Waals surface area contributed by atoms with Crippen LogP contribution in [0.5, 0.6) is 0 Å². The maximum Gasteiger partial charge on any atom is 0.230 e. The molecule has 2 aromatic heterocycles. The van der Waals surface area contributed by atoms with Crippen molar-refractivity contribution in [3.63, 3.8) is 0 Å². The van der Waals surface area contributed by atoms with E-state index in [9.17, 15) is 4.79 Å². The molecule has 0 saturated heterocycles. The van der Waals surface area contributed by atoms with Crippen molar-refractivity contribution in [3.8, 4) is 5.69 Å². The lowest BCUT2D eigenvalue weighted by Gasteiger charge is -2.14. The minimum atomic E-state index is -0.136. The zero-order valence-electron chi connectivity index (χ0n) is 16.4. The Labute approximate surface area is 177 Å². The largest absolute Gasteiger partial charge is 0.349 e. The number of fused-ring (bicyclic) bond motifs is 1. The summed E-state index contributed by atoms with van der Waals surface area (Å²) < 4.78 is 2.75. The number of rotatable bonds is 6. The predicted octanol–water partition coefficient (Wildman–Crippen LogP) is 4.46. The molecule has 1 amide bonds. The number of carbonyl (C=O) groups excluding carboxylic acids is 1. The Kier molecular flexibility index (Phi) is 5.64. The van der Waals surface area contributed by atoms with Crippen LogP contribution in [0.2, 0.25) is 0 Å². The fourth-order valence-corrected chi connectivity index (χ4v) is 4.93. The third kappa shape index (κ3) is 4.18. The summed E-state index contributed by atoms with van der Waals surface area (Å²) in [5.41, 5.74) is 3.05. The van der Waals surface area contributed by atoms with E-state index in [-0.39, 0.29) is 11.9 Å². The molecule has 0 aliphatic heterocycles. The Morgan fingerprint density at radius 1 is 1.17 bits per heavy atom. The summed E-state index contributed by atoms with van der Waals surface area (Å²) in [7, 11) is 0. The van der Waals surface area contributed by atoms with Crippen molar-refractivity contribution in [2.45, 2.75) is 31.2 Å². The van der Waals surface area contributed by atoms with E-state index in [0.717, 1.165) is 31.7 Å². The average Bonchev–Trinajstić information content (AvgIpc) is 3.31. The van der Waals surface area contributed by atoms with Crippen LogP contribution in [0.1, 0.15) is 29.2 Å². The molecular weight excluding hydrogens is 402 g/mol. The van der Waals surface area contributed by atoms with Crippen molar-refractivity contribution < 1.29 is 4.79 Å². The second-order valence-corrected chi connectivity index (χ2v) is 9.16. The number of aryl methyl sites for hydroxylation is 1. The molecular formula is C21H21N5OS2. The van der Waals surface area contributed by atoms with Crippen molar-refractivity contribution in [1.82, 2.24) is 25.3 Å². The molecule has 6 nitrogen and oxygen atoms in total. The number of benzene rings is 2. The third-order valence-corrected chi connectivity index (χ3v) is 6.69. The van der Waals surface area contributed by atoms with Gasteiger partial charge in [-0.3, -0.25) is 4.79 Å². The Morgan fingerprint density at radius 3 is 2.76 bits per heavy atom. The molecule has 0 spiro atoms. The van der Waals surface area contributed by atoms with Gasteiger partial charge in [0, 0.05) is 16.6 Å². The molecule has 8 heteroatoms. The number of nitrogens with zero attached hydrogens (tertiary/aromatic N) is 4. The highest BCUT2D eigenvalue weighted by Crippen LogP contribution is 2.26. The van der Waals surface area contributed by atoms with E-state index in [2.05, 4.69) is 44.9 Å². The maximum absolute atomic E-state index is 12.4. The van der Waals surface area contributed by atoms with E-state index in [1.807, 2.05) is 49.8 Å². The number of thioether (sulfide) groups is 1. The summed E-state index contributed by atoms with van der Waals surface area (Å²) in [5.74, 6) is 0.280. The van der Waals surface area contributed by atoms with E-state index in [0.29, 0.717) is 5.75 Å². The molecule has 2 heterocycles. The highest BCUT2D eigenvalue weighted by Gasteiger charge is 2.17. The van der Waals surface area contributed by atoms with Crippen molar-refractivity contribution >= 4 is 39.8 Å².